The van der Waals surface area contributed by atoms with Gasteiger partial charge < -0.3 is 23.7 Å². The lowest BCUT2D eigenvalue weighted by Crippen LogP contribution is -2.75. The molecule has 220 valence electrons. The topological polar surface area (TPSA) is 112 Å². The number of ether oxygens (including phenoxy) is 3. The van der Waals surface area contributed by atoms with E-state index >= 15 is 0 Å². The van der Waals surface area contributed by atoms with Gasteiger partial charge in [0.15, 0.2) is 0 Å². The van der Waals surface area contributed by atoms with Gasteiger partial charge in [0.25, 0.3) is 0 Å². The van der Waals surface area contributed by atoms with Crippen molar-refractivity contribution in [2.24, 2.45) is 33.5 Å². The van der Waals surface area contributed by atoms with Crippen molar-refractivity contribution in [3.8, 4) is 0 Å². The van der Waals surface area contributed by atoms with Crippen LogP contribution in [0.15, 0.2) is 34.7 Å². The molecule has 3 fully saturated rings. The Kier molecular flexibility index (Phi) is 6.84. The lowest BCUT2D eigenvalue weighted by atomic mass is 9.36. The molecule has 8 heteroatoms. The third kappa shape index (κ3) is 3.92. The maximum absolute atomic E-state index is 12.6. The monoisotopic (exact) mass is 556 g/mol. The molecule has 3 saturated carbocycles. The number of furan rings is 1. The molecule has 1 aromatic rings. The molecule has 0 bridgehead atoms. The van der Waals surface area contributed by atoms with Gasteiger partial charge in [0, 0.05) is 49.4 Å². The van der Waals surface area contributed by atoms with E-state index in [1.54, 1.807) is 6.26 Å². The Bertz CT molecular complexity index is 1220. The second-order valence-corrected chi connectivity index (χ2v) is 13.9. The van der Waals surface area contributed by atoms with Crippen molar-refractivity contribution in [3.05, 3.63) is 35.8 Å². The standard InChI is InChI=1S/C32H44O8/c1-17(33)38-24-15-25(39-18(2)34)32(8)23-11-13-30(6)21(20-12-14-37-16-20)9-10-22(30)31(23,7)28(40-19(3)35)26(36)27(32)29(24,4)5/h10,12,14,16,21,23-28,36H,9,11,13,15H2,1-8H3/t21-,23-,24+,25-,26+,27-,28+,30-,31-,32-/m0/s1. The summed E-state index contributed by atoms with van der Waals surface area (Å²) >= 11 is 0. The van der Waals surface area contributed by atoms with E-state index in [1.807, 2.05) is 26.2 Å². The van der Waals surface area contributed by atoms with E-state index in [0.29, 0.717) is 6.42 Å². The Morgan fingerprint density at radius 1 is 0.950 bits per heavy atom. The molecule has 5 rings (SSSR count). The van der Waals surface area contributed by atoms with Crippen molar-refractivity contribution >= 4 is 17.9 Å². The Morgan fingerprint density at radius 2 is 1.57 bits per heavy atom. The van der Waals surface area contributed by atoms with E-state index in [1.165, 1.54) is 26.3 Å². The van der Waals surface area contributed by atoms with E-state index in [2.05, 4.69) is 26.8 Å². The predicted octanol–water partition coefficient (Wildman–Crippen LogP) is 5.34. The first-order valence-electron chi connectivity index (χ1n) is 14.5. The normalized spacial score (nSPS) is 43.4. The number of carbonyl (C=O) groups is 3. The van der Waals surface area contributed by atoms with Gasteiger partial charge in [-0.25, -0.2) is 0 Å². The third-order valence-corrected chi connectivity index (χ3v) is 11.5. The molecular weight excluding hydrogens is 512 g/mol. The number of allylic oxidation sites excluding steroid dienone is 1. The molecule has 10 atom stereocenters. The highest BCUT2D eigenvalue weighted by atomic mass is 16.6. The van der Waals surface area contributed by atoms with Gasteiger partial charge in [0.2, 0.25) is 0 Å². The second-order valence-electron chi connectivity index (χ2n) is 13.9. The van der Waals surface area contributed by atoms with Crippen LogP contribution in [0.2, 0.25) is 0 Å². The molecule has 0 unspecified atom stereocenters. The summed E-state index contributed by atoms with van der Waals surface area (Å²) in [6, 6.07) is 2.02. The smallest absolute Gasteiger partial charge is 0.303 e. The number of rotatable bonds is 4. The minimum atomic E-state index is -1.09. The minimum absolute atomic E-state index is 0.0814. The number of hydrogen-bond acceptors (Lipinski definition) is 8. The summed E-state index contributed by atoms with van der Waals surface area (Å²) < 4.78 is 23.4. The summed E-state index contributed by atoms with van der Waals surface area (Å²) in [7, 11) is 0. The quantitative estimate of drug-likeness (QED) is 0.301. The maximum Gasteiger partial charge on any atom is 0.303 e. The first kappa shape index (κ1) is 28.9. The molecule has 0 amide bonds. The third-order valence-electron chi connectivity index (χ3n) is 11.5. The lowest BCUT2D eigenvalue weighted by molar-refractivity contribution is -0.294. The highest BCUT2D eigenvalue weighted by molar-refractivity contribution is 5.67. The van der Waals surface area contributed by atoms with Crippen molar-refractivity contribution < 1.29 is 38.1 Å². The zero-order valence-electron chi connectivity index (χ0n) is 25.0. The number of carbonyl (C=O) groups excluding carboxylic acids is 3. The van der Waals surface area contributed by atoms with Crippen LogP contribution in [0.25, 0.3) is 0 Å². The summed E-state index contributed by atoms with van der Waals surface area (Å²) in [5.74, 6) is -1.65. The fraction of sp³-hybridized carbons (Fsp3) is 0.719. The van der Waals surface area contributed by atoms with Gasteiger partial charge >= 0.3 is 17.9 Å². The SMILES string of the molecule is CC(=O)O[C@@H]1[C@H](O)[C@H]2C(C)(C)[C@H](OC(C)=O)C[C@H](OC(C)=O)[C@]2(C)[C@H]2CC[C@]3(C)C(=CC[C@H]3c3ccoc3)[C@]12C. The molecule has 40 heavy (non-hydrogen) atoms. The van der Waals surface area contributed by atoms with Crippen LogP contribution >= 0.6 is 0 Å². The fourth-order valence-corrected chi connectivity index (χ4v) is 10.2. The van der Waals surface area contributed by atoms with E-state index in [-0.39, 0.29) is 17.3 Å². The average Bonchev–Trinajstić information content (AvgIpc) is 3.47. The number of esters is 3. The molecule has 0 spiro atoms. The van der Waals surface area contributed by atoms with Crippen molar-refractivity contribution in [1.29, 1.82) is 0 Å². The molecular formula is C32H44O8. The van der Waals surface area contributed by atoms with Gasteiger partial charge in [-0.1, -0.05) is 46.3 Å². The zero-order chi connectivity index (χ0) is 29.4. The van der Waals surface area contributed by atoms with Crippen LogP contribution in [0.5, 0.6) is 0 Å². The summed E-state index contributed by atoms with van der Waals surface area (Å²) in [5, 5.41) is 12.4. The van der Waals surface area contributed by atoms with E-state index in [0.717, 1.165) is 24.8 Å². The predicted molar refractivity (Wildman–Crippen MR) is 146 cm³/mol. The lowest BCUT2D eigenvalue weighted by Gasteiger charge is -2.71. The second kappa shape index (κ2) is 9.47. The van der Waals surface area contributed by atoms with Crippen molar-refractivity contribution in [3.63, 3.8) is 0 Å². The molecule has 0 saturated heterocycles. The zero-order valence-corrected chi connectivity index (χ0v) is 25.0. The van der Waals surface area contributed by atoms with Crippen LogP contribution < -0.4 is 0 Å². The maximum atomic E-state index is 12.6. The molecule has 8 nitrogen and oxygen atoms in total. The van der Waals surface area contributed by atoms with E-state index in [9.17, 15) is 19.5 Å². The van der Waals surface area contributed by atoms with Crippen LogP contribution in [-0.2, 0) is 28.6 Å². The van der Waals surface area contributed by atoms with Crippen molar-refractivity contribution in [2.45, 2.75) is 111 Å². The molecule has 0 radical (unpaired) electrons. The largest absolute Gasteiger partial charge is 0.472 e. The van der Waals surface area contributed by atoms with Crippen LogP contribution in [0.4, 0.5) is 0 Å². The van der Waals surface area contributed by atoms with E-state index < -0.39 is 64.5 Å². The average molecular weight is 557 g/mol. The summed E-state index contributed by atoms with van der Waals surface area (Å²) in [6.45, 7) is 14.7. The van der Waals surface area contributed by atoms with Crippen molar-refractivity contribution in [1.82, 2.24) is 0 Å². The van der Waals surface area contributed by atoms with Crippen LogP contribution in [0.3, 0.4) is 0 Å². The molecule has 1 heterocycles. The summed E-state index contributed by atoms with van der Waals surface area (Å²) in [5.41, 5.74) is 0.00459. The Balaban J connectivity index is 1.69. The van der Waals surface area contributed by atoms with E-state index in [4.69, 9.17) is 18.6 Å². The molecule has 1 N–H and O–H groups in total. The fourth-order valence-electron chi connectivity index (χ4n) is 10.2. The Labute approximate surface area is 236 Å². The summed E-state index contributed by atoms with van der Waals surface area (Å²) in [4.78, 5) is 37.2. The van der Waals surface area contributed by atoms with Crippen LogP contribution in [0, 0.1) is 33.5 Å². The van der Waals surface area contributed by atoms with Crippen LogP contribution in [-0.4, -0.2) is 47.4 Å². The van der Waals surface area contributed by atoms with Crippen LogP contribution in [0.1, 0.15) is 92.6 Å². The van der Waals surface area contributed by atoms with Gasteiger partial charge in [-0.05, 0) is 48.1 Å². The number of aliphatic hydroxyl groups is 1. The molecule has 1 aromatic heterocycles. The highest BCUT2D eigenvalue weighted by Crippen LogP contribution is 2.74. The minimum Gasteiger partial charge on any atom is -0.472 e. The van der Waals surface area contributed by atoms with Crippen molar-refractivity contribution in [2.75, 3.05) is 0 Å². The molecule has 4 aliphatic carbocycles. The van der Waals surface area contributed by atoms with Gasteiger partial charge in [0.1, 0.15) is 18.3 Å². The van der Waals surface area contributed by atoms with Gasteiger partial charge in [-0.2, -0.15) is 0 Å². The molecule has 4 aliphatic rings. The molecule has 0 aromatic carbocycles. The summed E-state index contributed by atoms with van der Waals surface area (Å²) in [6.07, 6.45) is 5.55. The van der Waals surface area contributed by atoms with Gasteiger partial charge in [-0.15, -0.1) is 0 Å². The number of hydrogen-bond donors (Lipinski definition) is 1. The first-order chi connectivity index (χ1) is 18.6. The molecule has 0 aliphatic heterocycles. The number of fused-ring (bicyclic) bond motifs is 5. The number of aliphatic hydroxyl groups excluding tert-OH is 1. The van der Waals surface area contributed by atoms with Gasteiger partial charge in [0.05, 0.1) is 18.6 Å². The highest BCUT2D eigenvalue weighted by Gasteiger charge is 2.75. The Hall–Kier alpha value is -2.61. The first-order valence-corrected chi connectivity index (χ1v) is 14.5. The van der Waals surface area contributed by atoms with Gasteiger partial charge in [-0.3, -0.25) is 14.4 Å². The Morgan fingerprint density at radius 3 is 2.15 bits per heavy atom.